The normalized spacial score (nSPS) is 11.8. The molecule has 0 unspecified atom stereocenters. The van der Waals surface area contributed by atoms with Gasteiger partial charge in [-0.3, -0.25) is 4.79 Å². The van der Waals surface area contributed by atoms with Crippen LogP contribution in [0.5, 0.6) is 0 Å². The fourth-order valence-electron chi connectivity index (χ4n) is 1.10. The maximum atomic E-state index is 10.7. The van der Waals surface area contributed by atoms with Crippen LogP contribution >= 0.6 is 23.2 Å². The van der Waals surface area contributed by atoms with Crippen LogP contribution in [-0.2, 0) is 9.59 Å². The summed E-state index contributed by atoms with van der Waals surface area (Å²) in [4.78, 5) is 20.9. The van der Waals surface area contributed by atoms with Crippen molar-refractivity contribution in [2.24, 2.45) is 0 Å². The minimum absolute atomic E-state index is 0.186. The van der Waals surface area contributed by atoms with E-state index in [0.717, 1.165) is 12.2 Å². The van der Waals surface area contributed by atoms with Crippen LogP contribution in [0.1, 0.15) is 5.56 Å². The molecule has 0 aromatic heterocycles. The minimum atomic E-state index is -1.56. The topological polar surface area (TPSA) is 74.6 Å². The summed E-state index contributed by atoms with van der Waals surface area (Å²) < 4.78 is 0. The molecule has 0 bridgehead atoms. The highest BCUT2D eigenvalue weighted by Crippen LogP contribution is 2.22. The predicted molar refractivity (Wildman–Crippen MR) is 68.9 cm³/mol. The zero-order valence-electron chi connectivity index (χ0n) is 8.93. The number of rotatable bonds is 4. The van der Waals surface area contributed by atoms with Crippen molar-refractivity contribution in [1.82, 2.24) is 0 Å². The van der Waals surface area contributed by atoms with E-state index < -0.39 is 11.8 Å². The van der Waals surface area contributed by atoms with E-state index in [0.29, 0.717) is 15.6 Å². The van der Waals surface area contributed by atoms with Crippen molar-refractivity contribution in [2.45, 2.75) is 0 Å². The molecule has 0 saturated carbocycles. The van der Waals surface area contributed by atoms with Crippen LogP contribution in [0.4, 0.5) is 0 Å². The van der Waals surface area contributed by atoms with Crippen molar-refractivity contribution in [3.05, 3.63) is 52.0 Å². The third-order valence-electron chi connectivity index (χ3n) is 1.87. The van der Waals surface area contributed by atoms with Gasteiger partial charge < -0.3 is 10.2 Å². The first-order valence-electron chi connectivity index (χ1n) is 4.71. The highest BCUT2D eigenvalue weighted by Gasteiger charge is 2.05. The largest absolute Gasteiger partial charge is 0.507 e. The highest BCUT2D eigenvalue weighted by atomic mass is 35.5. The van der Waals surface area contributed by atoms with Crippen molar-refractivity contribution in [3.8, 4) is 0 Å². The molecule has 0 atom stereocenters. The van der Waals surface area contributed by atoms with Gasteiger partial charge in [0.05, 0.1) is 0 Å². The monoisotopic (exact) mass is 286 g/mol. The quantitative estimate of drug-likeness (QED) is 0.386. The third-order valence-corrected chi connectivity index (χ3v) is 2.31. The summed E-state index contributed by atoms with van der Waals surface area (Å²) in [6.45, 7) is 0. The average molecular weight is 287 g/mol. The molecule has 0 spiro atoms. The van der Waals surface area contributed by atoms with Crippen LogP contribution in [0.25, 0.3) is 5.76 Å². The summed E-state index contributed by atoms with van der Waals surface area (Å²) in [7, 11) is 0. The van der Waals surface area contributed by atoms with E-state index in [1.54, 1.807) is 0 Å². The van der Waals surface area contributed by atoms with Crippen LogP contribution in [-0.4, -0.2) is 22.0 Å². The van der Waals surface area contributed by atoms with E-state index >= 15 is 0 Å². The summed E-state index contributed by atoms with van der Waals surface area (Å²) in [5, 5.41) is 18.7. The van der Waals surface area contributed by atoms with Gasteiger partial charge in [-0.1, -0.05) is 29.3 Å². The lowest BCUT2D eigenvalue weighted by molar-refractivity contribution is -0.146. The van der Waals surface area contributed by atoms with E-state index in [9.17, 15) is 14.7 Å². The number of carboxylic acid groups (broad SMARTS) is 1. The second kappa shape index (κ2) is 6.23. The van der Waals surface area contributed by atoms with Gasteiger partial charge >= 0.3 is 5.97 Å². The molecule has 0 fully saturated rings. The standard InChI is InChI=1S/C12H8Cl2O4/c13-8-4-7(5-9(14)6-8)10(15)2-1-3-11(16)12(17)18/h1-6,15H,(H,17,18)/b3-1+,10-2-. The summed E-state index contributed by atoms with van der Waals surface area (Å²) >= 11 is 11.5. The Morgan fingerprint density at radius 1 is 1.06 bits per heavy atom. The second-order valence-corrected chi connectivity index (χ2v) is 4.11. The van der Waals surface area contributed by atoms with Crippen LogP contribution in [0.2, 0.25) is 10.0 Å². The Morgan fingerprint density at radius 3 is 2.11 bits per heavy atom. The maximum absolute atomic E-state index is 10.7. The van der Waals surface area contributed by atoms with Crippen molar-refractivity contribution in [3.63, 3.8) is 0 Å². The number of ketones is 1. The Bertz CT molecular complexity index is 527. The van der Waals surface area contributed by atoms with Gasteiger partial charge in [-0.25, -0.2) is 4.79 Å². The van der Waals surface area contributed by atoms with Crippen molar-refractivity contribution < 1.29 is 19.8 Å². The smallest absolute Gasteiger partial charge is 0.376 e. The number of carbonyl (C=O) groups is 2. The van der Waals surface area contributed by atoms with Crippen molar-refractivity contribution in [1.29, 1.82) is 0 Å². The molecule has 0 aliphatic rings. The van der Waals surface area contributed by atoms with Gasteiger partial charge in [0.25, 0.3) is 5.78 Å². The van der Waals surface area contributed by atoms with Gasteiger partial charge in [0, 0.05) is 15.6 Å². The van der Waals surface area contributed by atoms with Crippen LogP contribution in [0.3, 0.4) is 0 Å². The number of halogens is 2. The zero-order valence-corrected chi connectivity index (χ0v) is 10.4. The fourth-order valence-corrected chi connectivity index (χ4v) is 1.62. The van der Waals surface area contributed by atoms with Gasteiger partial charge in [-0.15, -0.1) is 0 Å². The number of allylic oxidation sites excluding steroid dienone is 2. The van der Waals surface area contributed by atoms with E-state index in [1.807, 2.05) is 0 Å². The van der Waals surface area contributed by atoms with E-state index in [4.69, 9.17) is 28.3 Å². The predicted octanol–water partition coefficient (Wildman–Crippen LogP) is 3.10. The molecule has 0 radical (unpaired) electrons. The first-order valence-corrected chi connectivity index (χ1v) is 5.47. The molecule has 0 aliphatic heterocycles. The number of aliphatic hydroxyl groups is 1. The lowest BCUT2D eigenvalue weighted by Crippen LogP contribution is -2.08. The average Bonchev–Trinajstić information content (AvgIpc) is 2.27. The SMILES string of the molecule is O=C(O)C(=O)/C=C/C=C(\O)c1cc(Cl)cc(Cl)c1. The van der Waals surface area contributed by atoms with E-state index in [2.05, 4.69) is 0 Å². The number of hydrogen-bond donors (Lipinski definition) is 2. The third kappa shape index (κ3) is 4.24. The first kappa shape index (κ1) is 14.3. The molecule has 1 rings (SSSR count). The lowest BCUT2D eigenvalue weighted by atomic mass is 10.2. The molecule has 1 aromatic rings. The Labute approximate surface area is 113 Å². The van der Waals surface area contributed by atoms with E-state index in [-0.39, 0.29) is 5.76 Å². The van der Waals surface area contributed by atoms with Crippen LogP contribution in [0, 0.1) is 0 Å². The van der Waals surface area contributed by atoms with E-state index in [1.165, 1.54) is 24.3 Å². The van der Waals surface area contributed by atoms with Crippen LogP contribution in [0.15, 0.2) is 36.4 Å². The molecule has 94 valence electrons. The number of aliphatic carboxylic acids is 1. The molecule has 1 aromatic carbocycles. The fraction of sp³-hybridized carbons (Fsp3) is 0. The summed E-state index contributed by atoms with van der Waals surface area (Å²) in [5.41, 5.74) is 0.361. The molecule has 0 saturated heterocycles. The first-order chi connectivity index (χ1) is 8.40. The van der Waals surface area contributed by atoms with Gasteiger partial charge in [-0.05, 0) is 30.4 Å². The van der Waals surface area contributed by atoms with Crippen molar-refractivity contribution >= 4 is 40.7 Å². The Kier molecular flexibility index (Phi) is 4.95. The summed E-state index contributed by atoms with van der Waals surface area (Å²) in [6.07, 6.45) is 3.12. The molecular formula is C12H8Cl2O4. The van der Waals surface area contributed by atoms with Gasteiger partial charge in [0.1, 0.15) is 5.76 Å². The molecule has 0 aliphatic carbocycles. The summed E-state index contributed by atoms with van der Waals surface area (Å²) in [6, 6.07) is 4.46. The van der Waals surface area contributed by atoms with Gasteiger partial charge in [0.2, 0.25) is 0 Å². The molecule has 6 heteroatoms. The maximum Gasteiger partial charge on any atom is 0.376 e. The van der Waals surface area contributed by atoms with Gasteiger partial charge in [0.15, 0.2) is 0 Å². The molecule has 0 amide bonds. The molecule has 0 heterocycles. The lowest BCUT2D eigenvalue weighted by Gasteiger charge is -2.01. The number of carbonyl (C=O) groups excluding carboxylic acids is 1. The minimum Gasteiger partial charge on any atom is -0.507 e. The number of carboxylic acids is 1. The number of benzene rings is 1. The zero-order chi connectivity index (χ0) is 13.7. The Balaban J connectivity index is 2.90. The summed E-state index contributed by atoms with van der Waals surface area (Å²) in [5.74, 6) is -2.83. The Morgan fingerprint density at radius 2 is 1.61 bits per heavy atom. The number of hydrogen-bond acceptors (Lipinski definition) is 3. The van der Waals surface area contributed by atoms with Gasteiger partial charge in [-0.2, -0.15) is 0 Å². The molecule has 4 nitrogen and oxygen atoms in total. The molecule has 18 heavy (non-hydrogen) atoms. The second-order valence-electron chi connectivity index (χ2n) is 3.24. The number of aliphatic hydroxyl groups excluding tert-OH is 1. The Hall–Kier alpha value is -1.78. The highest BCUT2D eigenvalue weighted by molar-refractivity contribution is 6.37. The molecular weight excluding hydrogens is 279 g/mol. The molecule has 2 N–H and O–H groups in total. The van der Waals surface area contributed by atoms with Crippen molar-refractivity contribution in [2.75, 3.05) is 0 Å². The van der Waals surface area contributed by atoms with Crippen LogP contribution < -0.4 is 0 Å².